The summed E-state index contributed by atoms with van der Waals surface area (Å²) in [6.07, 6.45) is 2.48. The number of nitrogens with zero attached hydrogens (tertiary/aromatic N) is 4. The Morgan fingerprint density at radius 1 is 1.32 bits per heavy atom. The molecule has 0 saturated heterocycles. The third kappa shape index (κ3) is 5.17. The van der Waals surface area contributed by atoms with Crippen LogP contribution < -0.4 is 4.90 Å². The predicted molar refractivity (Wildman–Crippen MR) is 122 cm³/mol. The zero-order valence-corrected chi connectivity index (χ0v) is 18.9. The topological polar surface area (TPSA) is 31.7 Å². The van der Waals surface area contributed by atoms with Crippen LogP contribution in [0.4, 0.5) is 9.52 Å². The van der Waals surface area contributed by atoms with Crippen molar-refractivity contribution in [1.82, 2.24) is 9.99 Å². The van der Waals surface area contributed by atoms with Gasteiger partial charge in [0.2, 0.25) is 0 Å². The highest BCUT2D eigenvalue weighted by molar-refractivity contribution is 9.18. The van der Waals surface area contributed by atoms with Crippen molar-refractivity contribution in [3.63, 3.8) is 0 Å². The minimum atomic E-state index is -0.261. The molecule has 0 N–H and O–H groups in total. The second-order valence-corrected chi connectivity index (χ2v) is 7.86. The van der Waals surface area contributed by atoms with Crippen molar-refractivity contribution in [2.45, 2.75) is 27.2 Å². The summed E-state index contributed by atoms with van der Waals surface area (Å²) in [7, 11) is 1.95. The summed E-state index contributed by atoms with van der Waals surface area (Å²) in [5.74, 6) is 0.622. The number of hydrogen-bond acceptors (Lipinski definition) is 5. The molecule has 1 aromatic heterocycles. The molecule has 0 amide bonds. The van der Waals surface area contributed by atoms with Crippen LogP contribution in [0.3, 0.4) is 0 Å². The monoisotopic (exact) mass is 462 g/mol. The van der Waals surface area contributed by atoms with Gasteiger partial charge in [0, 0.05) is 23.7 Å². The molecule has 0 aliphatic heterocycles. The summed E-state index contributed by atoms with van der Waals surface area (Å²) >= 11 is 4.91. The summed E-state index contributed by atoms with van der Waals surface area (Å²) < 4.78 is 13.8. The molecular formula is C21H24BrFN4S. The van der Waals surface area contributed by atoms with Crippen LogP contribution in [-0.2, 0) is 0 Å². The molecular weight excluding hydrogens is 439 g/mol. The standard InChI is InChI=1S/C21H24BrFN4S/c1-7-15(5)20(27(14(3)4)25-19(22)8-2)26(6)21-24-18(13-28-21)16-9-11-17(23)12-10-16/h8-13H,2-3,7H2,1,4-6H3/b20-15+,25-19+. The summed E-state index contributed by atoms with van der Waals surface area (Å²) in [4.78, 5) is 6.74. The van der Waals surface area contributed by atoms with Crippen molar-refractivity contribution in [2.24, 2.45) is 5.10 Å². The molecule has 0 aliphatic rings. The van der Waals surface area contributed by atoms with Crippen molar-refractivity contribution in [3.05, 3.63) is 71.8 Å². The SMILES string of the molecule is C=C/C(Br)=N\N(C(=C)C)/C(=C(\C)CC)N(C)c1nc(-c2ccc(F)cc2)cs1. The van der Waals surface area contributed by atoms with Crippen LogP contribution in [0.1, 0.15) is 27.2 Å². The Morgan fingerprint density at radius 2 is 1.96 bits per heavy atom. The number of halogens is 2. The van der Waals surface area contributed by atoms with Crippen molar-refractivity contribution in [2.75, 3.05) is 11.9 Å². The summed E-state index contributed by atoms with van der Waals surface area (Å²) in [5.41, 5.74) is 3.58. The molecule has 0 radical (unpaired) electrons. The van der Waals surface area contributed by atoms with Gasteiger partial charge in [0.15, 0.2) is 5.13 Å². The van der Waals surface area contributed by atoms with Gasteiger partial charge in [-0.15, -0.1) is 11.3 Å². The lowest BCUT2D eigenvalue weighted by Gasteiger charge is -2.31. The van der Waals surface area contributed by atoms with Gasteiger partial charge < -0.3 is 4.90 Å². The predicted octanol–water partition coefficient (Wildman–Crippen LogP) is 6.76. The van der Waals surface area contributed by atoms with Gasteiger partial charge in [-0.1, -0.05) is 20.1 Å². The first-order valence-electron chi connectivity index (χ1n) is 8.75. The molecule has 0 atom stereocenters. The summed E-state index contributed by atoms with van der Waals surface area (Å²) in [6, 6.07) is 6.34. The van der Waals surface area contributed by atoms with E-state index in [4.69, 9.17) is 4.98 Å². The number of anilines is 1. The average molecular weight is 463 g/mol. The van der Waals surface area contributed by atoms with Crippen LogP contribution in [0, 0.1) is 5.82 Å². The lowest BCUT2D eigenvalue weighted by atomic mass is 10.2. The van der Waals surface area contributed by atoms with Crippen molar-refractivity contribution < 1.29 is 4.39 Å². The van der Waals surface area contributed by atoms with Crippen molar-refractivity contribution >= 4 is 37.0 Å². The second kappa shape index (κ2) is 9.80. The molecule has 0 fully saturated rings. The Bertz CT molecular complexity index is 915. The van der Waals surface area contributed by atoms with Crippen LogP contribution in [0.25, 0.3) is 11.3 Å². The van der Waals surface area contributed by atoms with Crippen LogP contribution in [0.15, 0.2) is 71.1 Å². The summed E-state index contributed by atoms with van der Waals surface area (Å²) in [5, 5.41) is 9.12. The van der Waals surface area contributed by atoms with Gasteiger partial charge in [-0.2, -0.15) is 5.10 Å². The van der Waals surface area contributed by atoms with Crippen LogP contribution >= 0.6 is 27.3 Å². The minimum Gasteiger partial charge on any atom is -0.305 e. The maximum Gasteiger partial charge on any atom is 0.191 e. The first-order chi connectivity index (χ1) is 13.3. The van der Waals surface area contributed by atoms with Crippen LogP contribution in [-0.4, -0.2) is 21.7 Å². The van der Waals surface area contributed by atoms with Gasteiger partial charge in [0.05, 0.1) is 5.69 Å². The number of allylic oxidation sites excluding steroid dienone is 3. The molecule has 7 heteroatoms. The molecule has 2 rings (SSSR count). The summed E-state index contributed by atoms with van der Waals surface area (Å²) in [6.45, 7) is 13.9. The van der Waals surface area contributed by atoms with Gasteiger partial charge >= 0.3 is 0 Å². The van der Waals surface area contributed by atoms with Gasteiger partial charge in [0.1, 0.15) is 16.3 Å². The smallest absolute Gasteiger partial charge is 0.191 e. The third-order valence-electron chi connectivity index (χ3n) is 4.07. The fourth-order valence-corrected chi connectivity index (χ4v) is 3.44. The number of aromatic nitrogens is 1. The van der Waals surface area contributed by atoms with E-state index in [1.165, 1.54) is 23.5 Å². The van der Waals surface area contributed by atoms with Gasteiger partial charge in [-0.05, 0) is 72.1 Å². The van der Waals surface area contributed by atoms with E-state index in [9.17, 15) is 4.39 Å². The fourth-order valence-electron chi connectivity index (χ4n) is 2.48. The number of rotatable bonds is 8. The largest absolute Gasteiger partial charge is 0.305 e. The molecule has 4 nitrogen and oxygen atoms in total. The molecule has 0 bridgehead atoms. The maximum absolute atomic E-state index is 13.2. The zero-order valence-electron chi connectivity index (χ0n) is 16.5. The Kier molecular flexibility index (Phi) is 7.71. The lowest BCUT2D eigenvalue weighted by molar-refractivity contribution is 0.439. The number of hydrogen-bond donors (Lipinski definition) is 0. The van der Waals surface area contributed by atoms with E-state index in [1.54, 1.807) is 23.2 Å². The molecule has 0 unspecified atom stereocenters. The second-order valence-electron chi connectivity index (χ2n) is 6.21. The molecule has 0 spiro atoms. The van der Waals surface area contributed by atoms with Crippen molar-refractivity contribution in [1.29, 1.82) is 0 Å². The van der Waals surface area contributed by atoms with E-state index in [0.717, 1.165) is 39.9 Å². The molecule has 1 aromatic carbocycles. The van der Waals surface area contributed by atoms with E-state index in [1.807, 2.05) is 24.3 Å². The maximum atomic E-state index is 13.2. The number of hydrazone groups is 1. The Balaban J connectivity index is 2.46. The Hall–Kier alpha value is -2.25. The quantitative estimate of drug-likeness (QED) is 0.320. The first-order valence-corrected chi connectivity index (χ1v) is 10.4. The van der Waals surface area contributed by atoms with E-state index in [-0.39, 0.29) is 5.82 Å². The van der Waals surface area contributed by atoms with Crippen molar-refractivity contribution in [3.8, 4) is 11.3 Å². The highest BCUT2D eigenvalue weighted by Gasteiger charge is 2.21. The molecule has 1 heterocycles. The normalized spacial score (nSPS) is 12.4. The molecule has 0 aliphatic carbocycles. The highest BCUT2D eigenvalue weighted by atomic mass is 79.9. The zero-order chi connectivity index (χ0) is 20.8. The van der Waals surface area contributed by atoms with Gasteiger partial charge in [-0.3, -0.25) is 0 Å². The van der Waals surface area contributed by atoms with Gasteiger partial charge in [0.25, 0.3) is 0 Å². The number of benzene rings is 1. The number of thiazole rings is 1. The molecule has 2 aromatic rings. The minimum absolute atomic E-state index is 0.261. The average Bonchev–Trinajstić information content (AvgIpc) is 3.17. The molecule has 28 heavy (non-hydrogen) atoms. The first kappa shape index (κ1) is 22.0. The van der Waals surface area contributed by atoms with Crippen LogP contribution in [0.2, 0.25) is 0 Å². The Morgan fingerprint density at radius 3 is 2.50 bits per heavy atom. The highest BCUT2D eigenvalue weighted by Crippen LogP contribution is 2.32. The lowest BCUT2D eigenvalue weighted by Crippen LogP contribution is -2.30. The fraction of sp³-hybridized carbons (Fsp3) is 0.238. The van der Waals surface area contributed by atoms with E-state index in [0.29, 0.717) is 4.62 Å². The molecule has 148 valence electrons. The Labute approximate surface area is 178 Å². The third-order valence-corrected chi connectivity index (χ3v) is 5.47. The van der Waals surface area contributed by atoms with E-state index >= 15 is 0 Å². The van der Waals surface area contributed by atoms with Gasteiger partial charge in [-0.25, -0.2) is 14.4 Å². The van der Waals surface area contributed by atoms with Crippen LogP contribution in [0.5, 0.6) is 0 Å². The van der Waals surface area contributed by atoms with E-state index in [2.05, 4.69) is 48.0 Å². The molecule has 0 saturated carbocycles. The van der Waals surface area contributed by atoms with E-state index < -0.39 is 0 Å².